The highest BCUT2D eigenvalue weighted by atomic mass is 16.5. The summed E-state index contributed by atoms with van der Waals surface area (Å²) in [5.74, 6) is -0.0598. The van der Waals surface area contributed by atoms with E-state index in [-0.39, 0.29) is 0 Å². The van der Waals surface area contributed by atoms with Gasteiger partial charge in [0.25, 0.3) is 0 Å². The molecule has 0 spiro atoms. The molecule has 1 saturated heterocycles. The number of anilines is 1. The number of carbonyl (C=O) groups is 1. The van der Waals surface area contributed by atoms with Crippen molar-refractivity contribution in [3.8, 4) is 17.2 Å². The van der Waals surface area contributed by atoms with Gasteiger partial charge in [0.05, 0.1) is 29.9 Å². The highest BCUT2D eigenvalue weighted by Crippen LogP contribution is 2.33. The molecule has 0 saturated carbocycles. The lowest BCUT2D eigenvalue weighted by Gasteiger charge is -2.31. The molecule has 4 aromatic rings. The Morgan fingerprint density at radius 2 is 2.00 bits per heavy atom. The molecule has 0 bridgehead atoms. The largest absolute Gasteiger partial charge is 0.478 e. The maximum Gasteiger partial charge on any atom is 0.336 e. The van der Waals surface area contributed by atoms with Crippen LogP contribution in [-0.2, 0) is 4.74 Å². The van der Waals surface area contributed by atoms with Crippen LogP contribution in [0.25, 0.3) is 27.5 Å². The van der Waals surface area contributed by atoms with Gasteiger partial charge in [0.15, 0.2) is 0 Å². The van der Waals surface area contributed by atoms with Crippen molar-refractivity contribution in [2.24, 2.45) is 0 Å². The molecule has 7 heteroatoms. The van der Waals surface area contributed by atoms with Crippen LogP contribution >= 0.6 is 0 Å². The molecule has 1 aliphatic heterocycles. The number of fused-ring (bicyclic) bond motifs is 2. The van der Waals surface area contributed by atoms with Crippen molar-refractivity contribution in [2.45, 2.75) is 6.92 Å². The SMILES string of the molecule is Cc1c(C(=O)O)cc2cc(-c3cc(C#N)c4[nH]ccc4c3)cn2c1N1CCOCC1. The van der Waals surface area contributed by atoms with E-state index in [0.717, 1.165) is 38.9 Å². The number of nitrogens with one attached hydrogen (secondary N) is 1. The van der Waals surface area contributed by atoms with Crippen LogP contribution < -0.4 is 4.90 Å². The monoisotopic (exact) mass is 400 g/mol. The third-order valence-electron chi connectivity index (χ3n) is 5.76. The zero-order valence-corrected chi connectivity index (χ0v) is 16.5. The minimum absolute atomic E-state index is 0.299. The molecule has 0 amide bonds. The number of nitriles is 1. The number of aromatic carboxylic acids is 1. The van der Waals surface area contributed by atoms with Crippen LogP contribution in [0.4, 0.5) is 5.82 Å². The quantitative estimate of drug-likeness (QED) is 0.546. The van der Waals surface area contributed by atoms with Gasteiger partial charge in [-0.3, -0.25) is 0 Å². The second kappa shape index (κ2) is 6.94. The Labute approximate surface area is 172 Å². The molecular weight excluding hydrogens is 380 g/mol. The Morgan fingerprint density at radius 3 is 2.73 bits per heavy atom. The van der Waals surface area contributed by atoms with E-state index in [9.17, 15) is 15.2 Å². The first-order valence-electron chi connectivity index (χ1n) is 9.80. The van der Waals surface area contributed by atoms with Crippen LogP contribution in [0.2, 0.25) is 0 Å². The van der Waals surface area contributed by atoms with Gasteiger partial charge in [-0.1, -0.05) is 0 Å². The molecule has 0 aliphatic carbocycles. The van der Waals surface area contributed by atoms with Crippen molar-refractivity contribution in [3.63, 3.8) is 0 Å². The van der Waals surface area contributed by atoms with Crippen LogP contribution in [0.1, 0.15) is 21.5 Å². The normalized spacial score (nSPS) is 14.3. The van der Waals surface area contributed by atoms with E-state index >= 15 is 0 Å². The number of H-pyrrole nitrogens is 1. The van der Waals surface area contributed by atoms with Crippen molar-refractivity contribution >= 4 is 28.2 Å². The molecule has 0 radical (unpaired) electrons. The summed E-state index contributed by atoms with van der Waals surface area (Å²) in [6.07, 6.45) is 3.85. The topological polar surface area (TPSA) is 93.8 Å². The van der Waals surface area contributed by atoms with Gasteiger partial charge >= 0.3 is 5.97 Å². The van der Waals surface area contributed by atoms with Crippen molar-refractivity contribution < 1.29 is 14.6 Å². The molecule has 0 unspecified atom stereocenters. The molecule has 7 nitrogen and oxygen atoms in total. The zero-order chi connectivity index (χ0) is 20.8. The third kappa shape index (κ3) is 2.81. The standard InChI is InChI=1S/C23H20N4O3/c1-14-20(23(28)29)11-19-10-18(13-27(19)22(14)26-4-6-30-7-5-26)16-8-15-2-3-25-21(15)17(9-16)12-24/h2-3,8-11,13,25H,4-7H2,1H3,(H,28,29). The lowest BCUT2D eigenvalue weighted by molar-refractivity contribution is 0.0696. The fourth-order valence-electron chi connectivity index (χ4n) is 4.30. The number of aromatic amines is 1. The molecule has 0 atom stereocenters. The number of pyridine rings is 1. The first-order valence-corrected chi connectivity index (χ1v) is 9.80. The molecule has 30 heavy (non-hydrogen) atoms. The summed E-state index contributed by atoms with van der Waals surface area (Å²) >= 11 is 0. The molecule has 5 rings (SSSR count). The van der Waals surface area contributed by atoms with E-state index < -0.39 is 5.97 Å². The number of carboxylic acids is 1. The average molecular weight is 400 g/mol. The number of nitrogens with zero attached hydrogens (tertiary/aromatic N) is 3. The summed E-state index contributed by atoms with van der Waals surface area (Å²) in [6.45, 7) is 4.50. The first kappa shape index (κ1) is 18.3. The number of ether oxygens (including phenoxy) is 1. The number of benzene rings is 1. The lowest BCUT2D eigenvalue weighted by atomic mass is 10.0. The summed E-state index contributed by atoms with van der Waals surface area (Å²) in [4.78, 5) is 17.2. The van der Waals surface area contributed by atoms with E-state index in [4.69, 9.17) is 4.74 Å². The van der Waals surface area contributed by atoms with Gasteiger partial charge < -0.3 is 24.1 Å². The van der Waals surface area contributed by atoms with Gasteiger partial charge in [-0.25, -0.2) is 4.79 Å². The van der Waals surface area contributed by atoms with E-state index in [1.54, 1.807) is 6.07 Å². The number of morpholine rings is 1. The summed E-state index contributed by atoms with van der Waals surface area (Å²) in [6, 6.07) is 11.8. The number of carboxylic acid groups (broad SMARTS) is 1. The molecule has 1 aliphatic rings. The minimum Gasteiger partial charge on any atom is -0.478 e. The Balaban J connectivity index is 1.74. The molecule has 150 valence electrons. The summed E-state index contributed by atoms with van der Waals surface area (Å²) in [5.41, 5.74) is 5.10. The predicted molar refractivity (Wildman–Crippen MR) is 114 cm³/mol. The number of hydrogen-bond acceptors (Lipinski definition) is 4. The third-order valence-corrected chi connectivity index (χ3v) is 5.76. The highest BCUT2D eigenvalue weighted by molar-refractivity contribution is 5.94. The molecule has 1 aromatic carbocycles. The van der Waals surface area contributed by atoms with Gasteiger partial charge in [0.2, 0.25) is 0 Å². The van der Waals surface area contributed by atoms with E-state index in [1.165, 1.54) is 0 Å². The second-order valence-corrected chi connectivity index (χ2v) is 7.51. The van der Waals surface area contributed by atoms with Crippen LogP contribution in [-0.4, -0.2) is 46.8 Å². The summed E-state index contributed by atoms with van der Waals surface area (Å²) < 4.78 is 7.53. The van der Waals surface area contributed by atoms with Crippen LogP contribution in [0.15, 0.2) is 42.7 Å². The van der Waals surface area contributed by atoms with Gasteiger partial charge in [-0.2, -0.15) is 5.26 Å². The summed E-state index contributed by atoms with van der Waals surface area (Å²) in [5, 5.41) is 20.3. The zero-order valence-electron chi connectivity index (χ0n) is 16.5. The summed E-state index contributed by atoms with van der Waals surface area (Å²) in [7, 11) is 0. The number of hydrogen-bond donors (Lipinski definition) is 2. The molecule has 4 heterocycles. The molecule has 3 aromatic heterocycles. The molecule has 2 N–H and O–H groups in total. The molecular formula is C23H20N4O3. The van der Waals surface area contributed by atoms with Gasteiger partial charge in [-0.15, -0.1) is 0 Å². The first-order chi connectivity index (χ1) is 14.6. The highest BCUT2D eigenvalue weighted by Gasteiger charge is 2.22. The maximum atomic E-state index is 11.9. The van der Waals surface area contributed by atoms with Gasteiger partial charge in [0.1, 0.15) is 11.9 Å². The maximum absolute atomic E-state index is 11.9. The smallest absolute Gasteiger partial charge is 0.336 e. The Morgan fingerprint density at radius 1 is 1.20 bits per heavy atom. The predicted octanol–water partition coefficient (Wildman–Crippen LogP) is 3.80. The van der Waals surface area contributed by atoms with E-state index in [2.05, 4.69) is 20.4 Å². The minimum atomic E-state index is -0.937. The fraction of sp³-hybridized carbons (Fsp3) is 0.217. The van der Waals surface area contributed by atoms with Crippen molar-refractivity contribution in [3.05, 3.63) is 59.4 Å². The van der Waals surface area contributed by atoms with Crippen molar-refractivity contribution in [2.75, 3.05) is 31.2 Å². The Bertz CT molecular complexity index is 1340. The van der Waals surface area contributed by atoms with Gasteiger partial charge in [0, 0.05) is 47.5 Å². The molecule has 1 fully saturated rings. The van der Waals surface area contributed by atoms with Gasteiger partial charge in [-0.05, 0) is 42.8 Å². The van der Waals surface area contributed by atoms with Crippen LogP contribution in [0.5, 0.6) is 0 Å². The number of rotatable bonds is 3. The fourth-order valence-corrected chi connectivity index (χ4v) is 4.30. The van der Waals surface area contributed by atoms with Crippen LogP contribution in [0, 0.1) is 18.3 Å². The van der Waals surface area contributed by atoms with E-state index in [1.807, 2.05) is 43.6 Å². The number of aromatic nitrogens is 2. The Hall–Kier alpha value is -3.76. The van der Waals surface area contributed by atoms with Crippen LogP contribution in [0.3, 0.4) is 0 Å². The Kier molecular flexibility index (Phi) is 4.23. The lowest BCUT2D eigenvalue weighted by Crippen LogP contribution is -2.38. The van der Waals surface area contributed by atoms with Crippen molar-refractivity contribution in [1.82, 2.24) is 9.38 Å². The van der Waals surface area contributed by atoms with Crippen molar-refractivity contribution in [1.29, 1.82) is 5.26 Å². The average Bonchev–Trinajstić information content (AvgIpc) is 3.39. The second-order valence-electron chi connectivity index (χ2n) is 7.51. The van der Waals surface area contributed by atoms with E-state index in [0.29, 0.717) is 37.4 Å².